The molecular formula is C24H22N4O4. The summed E-state index contributed by atoms with van der Waals surface area (Å²) in [6.07, 6.45) is 0.120. The van der Waals surface area contributed by atoms with Gasteiger partial charge in [-0.05, 0) is 34.0 Å². The van der Waals surface area contributed by atoms with Crippen molar-refractivity contribution < 1.29 is 19.2 Å². The van der Waals surface area contributed by atoms with Crippen molar-refractivity contribution in [2.24, 2.45) is 5.73 Å². The van der Waals surface area contributed by atoms with Crippen molar-refractivity contribution in [3.05, 3.63) is 77.4 Å². The number of nitrogens with two attached hydrogens (primary N) is 1. The molecule has 32 heavy (non-hydrogen) atoms. The van der Waals surface area contributed by atoms with Crippen LogP contribution in [0.3, 0.4) is 0 Å². The maximum absolute atomic E-state index is 12.8. The molecule has 162 valence electrons. The lowest BCUT2D eigenvalue weighted by Crippen LogP contribution is -2.31. The second kappa shape index (κ2) is 8.50. The molecule has 8 nitrogen and oxygen atoms in total. The Morgan fingerprint density at radius 1 is 1.00 bits per heavy atom. The quantitative estimate of drug-likeness (QED) is 0.585. The summed E-state index contributed by atoms with van der Waals surface area (Å²) in [5.41, 5.74) is 7.30. The van der Waals surface area contributed by atoms with Crippen LogP contribution >= 0.6 is 0 Å². The summed E-state index contributed by atoms with van der Waals surface area (Å²) in [4.78, 5) is 51.3. The highest BCUT2D eigenvalue weighted by Gasteiger charge is 2.33. The van der Waals surface area contributed by atoms with Crippen LogP contribution in [0.15, 0.2) is 60.7 Å². The number of hydrogen-bond donors (Lipinski definition) is 2. The van der Waals surface area contributed by atoms with Gasteiger partial charge in [-0.3, -0.25) is 19.3 Å². The lowest BCUT2D eigenvalue weighted by molar-refractivity contribution is -0.125. The summed E-state index contributed by atoms with van der Waals surface area (Å²) in [6, 6.07) is 17.8. The van der Waals surface area contributed by atoms with E-state index in [9.17, 15) is 19.2 Å². The lowest BCUT2D eigenvalue weighted by atomic mass is 10.0. The second-order valence-corrected chi connectivity index (χ2v) is 7.76. The zero-order valence-electron chi connectivity index (χ0n) is 17.5. The van der Waals surface area contributed by atoms with Gasteiger partial charge in [0.15, 0.2) is 0 Å². The molecule has 0 spiro atoms. The van der Waals surface area contributed by atoms with E-state index in [0.717, 1.165) is 21.2 Å². The third-order valence-corrected chi connectivity index (χ3v) is 5.41. The van der Waals surface area contributed by atoms with Gasteiger partial charge in [0.05, 0.1) is 13.0 Å². The number of likely N-dealkylation sites (N-methyl/N-ethyl adjacent to an activating group) is 1. The van der Waals surface area contributed by atoms with Crippen molar-refractivity contribution in [1.82, 2.24) is 9.80 Å². The van der Waals surface area contributed by atoms with Crippen LogP contribution < -0.4 is 11.1 Å². The molecule has 0 aliphatic carbocycles. The number of anilines is 1. The Bertz CT molecular complexity index is 1250. The molecule has 3 N–H and O–H groups in total. The third kappa shape index (κ3) is 4.29. The number of urea groups is 1. The van der Waals surface area contributed by atoms with Crippen molar-refractivity contribution in [3.63, 3.8) is 0 Å². The summed E-state index contributed by atoms with van der Waals surface area (Å²) >= 11 is 0. The average Bonchev–Trinajstić information content (AvgIpc) is 3.00. The highest BCUT2D eigenvalue weighted by atomic mass is 16.2. The molecule has 4 rings (SSSR count). The Balaban J connectivity index is 1.57. The third-order valence-electron chi connectivity index (χ3n) is 5.41. The van der Waals surface area contributed by atoms with Gasteiger partial charge in [0.1, 0.15) is 6.54 Å². The number of nitrogens with one attached hydrogen (secondary N) is 1. The standard InChI is InChI=1S/C24H22N4O4/c1-27-14-22(30)28(24(27)32)13-19-9-8-18(23(25)31)12-20(19)26-21(29)11-15-6-7-16-4-2-3-5-17(16)10-15/h2-10,12H,11,13-14H2,1H3,(H2,25,31)(H,26,29). The Morgan fingerprint density at radius 2 is 1.75 bits per heavy atom. The molecule has 1 fully saturated rings. The van der Waals surface area contributed by atoms with Crippen LogP contribution in [-0.4, -0.2) is 47.1 Å². The van der Waals surface area contributed by atoms with Gasteiger partial charge in [0.2, 0.25) is 11.8 Å². The zero-order valence-corrected chi connectivity index (χ0v) is 17.5. The summed E-state index contributed by atoms with van der Waals surface area (Å²) < 4.78 is 0. The van der Waals surface area contributed by atoms with E-state index >= 15 is 0 Å². The van der Waals surface area contributed by atoms with Gasteiger partial charge in [0.25, 0.3) is 5.91 Å². The predicted molar refractivity (Wildman–Crippen MR) is 120 cm³/mol. The maximum Gasteiger partial charge on any atom is 0.327 e. The number of imide groups is 1. The number of amides is 5. The van der Waals surface area contributed by atoms with E-state index in [1.165, 1.54) is 17.0 Å². The smallest absolute Gasteiger partial charge is 0.327 e. The van der Waals surface area contributed by atoms with Crippen molar-refractivity contribution in [2.45, 2.75) is 13.0 Å². The fourth-order valence-corrected chi connectivity index (χ4v) is 3.71. The maximum atomic E-state index is 12.8. The summed E-state index contributed by atoms with van der Waals surface area (Å²) in [5, 5.41) is 4.92. The number of carbonyl (C=O) groups is 4. The minimum absolute atomic E-state index is 0.00184. The highest BCUT2D eigenvalue weighted by molar-refractivity contribution is 6.02. The van der Waals surface area contributed by atoms with Crippen molar-refractivity contribution in [2.75, 3.05) is 18.9 Å². The average molecular weight is 430 g/mol. The predicted octanol–water partition coefficient (Wildman–Crippen LogP) is 2.51. The van der Waals surface area contributed by atoms with Crippen LogP contribution in [0.25, 0.3) is 10.8 Å². The normalized spacial score (nSPS) is 13.7. The summed E-state index contributed by atoms with van der Waals surface area (Å²) in [7, 11) is 1.54. The van der Waals surface area contributed by atoms with E-state index in [2.05, 4.69) is 5.32 Å². The molecule has 0 saturated carbocycles. The Hall–Kier alpha value is -4.20. The van der Waals surface area contributed by atoms with Crippen LogP contribution in [0.4, 0.5) is 10.5 Å². The molecule has 1 aliphatic rings. The molecule has 0 aromatic heterocycles. The van der Waals surface area contributed by atoms with Gasteiger partial charge >= 0.3 is 6.03 Å². The van der Waals surface area contributed by atoms with E-state index in [1.807, 2.05) is 42.5 Å². The highest BCUT2D eigenvalue weighted by Crippen LogP contribution is 2.23. The molecule has 1 aliphatic heterocycles. The molecule has 1 heterocycles. The van der Waals surface area contributed by atoms with E-state index in [-0.39, 0.29) is 36.9 Å². The number of rotatable bonds is 6. The fraction of sp³-hybridized carbons (Fsp3) is 0.167. The lowest BCUT2D eigenvalue weighted by Gasteiger charge is -2.18. The van der Waals surface area contributed by atoms with Gasteiger partial charge in [0, 0.05) is 18.3 Å². The molecule has 0 unspecified atom stereocenters. The SMILES string of the molecule is CN1CC(=O)N(Cc2ccc(C(N)=O)cc2NC(=O)Cc2ccc3ccccc3c2)C1=O. The second-order valence-electron chi connectivity index (χ2n) is 7.76. The minimum Gasteiger partial charge on any atom is -0.366 e. The molecule has 1 saturated heterocycles. The van der Waals surface area contributed by atoms with Gasteiger partial charge in [-0.2, -0.15) is 0 Å². The molecular weight excluding hydrogens is 408 g/mol. The first-order valence-electron chi connectivity index (χ1n) is 10.1. The van der Waals surface area contributed by atoms with Crippen LogP contribution in [0.1, 0.15) is 21.5 Å². The molecule has 5 amide bonds. The Labute approximate surface area is 184 Å². The summed E-state index contributed by atoms with van der Waals surface area (Å²) in [5.74, 6) is -1.26. The zero-order chi connectivity index (χ0) is 22.8. The van der Waals surface area contributed by atoms with Crippen LogP contribution in [0.2, 0.25) is 0 Å². The van der Waals surface area contributed by atoms with Crippen molar-refractivity contribution in [3.8, 4) is 0 Å². The van der Waals surface area contributed by atoms with Crippen molar-refractivity contribution in [1.29, 1.82) is 0 Å². The van der Waals surface area contributed by atoms with E-state index in [0.29, 0.717) is 11.3 Å². The Kier molecular flexibility index (Phi) is 5.59. The fourth-order valence-electron chi connectivity index (χ4n) is 3.71. The Morgan fingerprint density at radius 3 is 2.44 bits per heavy atom. The minimum atomic E-state index is -0.644. The number of hydrogen-bond acceptors (Lipinski definition) is 4. The van der Waals surface area contributed by atoms with Gasteiger partial charge < -0.3 is 16.0 Å². The van der Waals surface area contributed by atoms with E-state index in [4.69, 9.17) is 5.73 Å². The van der Waals surface area contributed by atoms with Crippen LogP contribution in [0.5, 0.6) is 0 Å². The van der Waals surface area contributed by atoms with Crippen LogP contribution in [-0.2, 0) is 22.6 Å². The first-order valence-corrected chi connectivity index (χ1v) is 10.1. The number of primary amides is 1. The van der Waals surface area contributed by atoms with Crippen molar-refractivity contribution >= 4 is 40.2 Å². The topological polar surface area (TPSA) is 113 Å². The van der Waals surface area contributed by atoms with Crippen LogP contribution in [0, 0.1) is 0 Å². The van der Waals surface area contributed by atoms with E-state index in [1.54, 1.807) is 13.1 Å². The molecule has 0 radical (unpaired) electrons. The molecule has 0 bridgehead atoms. The number of fused-ring (bicyclic) bond motifs is 1. The van der Waals surface area contributed by atoms with Gasteiger partial charge in [-0.1, -0.05) is 48.5 Å². The number of nitrogens with zero attached hydrogens (tertiary/aromatic N) is 2. The first kappa shape index (κ1) is 21.0. The molecule has 8 heteroatoms. The largest absolute Gasteiger partial charge is 0.366 e. The summed E-state index contributed by atoms with van der Waals surface area (Å²) in [6.45, 7) is -0.0193. The number of carbonyl (C=O) groups excluding carboxylic acids is 4. The molecule has 0 atom stereocenters. The van der Waals surface area contributed by atoms with Gasteiger partial charge in [-0.15, -0.1) is 0 Å². The van der Waals surface area contributed by atoms with Gasteiger partial charge in [-0.25, -0.2) is 4.79 Å². The van der Waals surface area contributed by atoms with E-state index < -0.39 is 11.9 Å². The first-order chi connectivity index (χ1) is 15.3. The molecule has 3 aromatic carbocycles. The number of benzene rings is 3. The molecule has 3 aromatic rings. The monoisotopic (exact) mass is 430 g/mol.